The first-order valence-electron chi connectivity index (χ1n) is 8.45. The molecule has 2 heterocycles. The molecule has 9 nitrogen and oxygen atoms in total. The molecule has 2 aromatic rings. The SMILES string of the molecule is CCOC(=O)C1=C(C)Nc2nc(SC)[nH]c(=O)c2C1c1ccccc1[N+](=O)[O-]. The van der Waals surface area contributed by atoms with Gasteiger partial charge in [-0.05, 0) is 20.1 Å². The van der Waals surface area contributed by atoms with Crippen LogP contribution in [0.3, 0.4) is 0 Å². The number of aromatic nitrogens is 2. The van der Waals surface area contributed by atoms with Crippen molar-refractivity contribution in [2.45, 2.75) is 24.9 Å². The van der Waals surface area contributed by atoms with Crippen LogP contribution in [0.5, 0.6) is 0 Å². The fourth-order valence-corrected chi connectivity index (χ4v) is 3.59. The summed E-state index contributed by atoms with van der Waals surface area (Å²) in [5.74, 6) is -1.36. The van der Waals surface area contributed by atoms with E-state index in [2.05, 4.69) is 15.3 Å². The Morgan fingerprint density at radius 2 is 2.11 bits per heavy atom. The van der Waals surface area contributed by atoms with Gasteiger partial charge in [0.1, 0.15) is 5.82 Å². The van der Waals surface area contributed by atoms with Crippen molar-refractivity contribution in [3.63, 3.8) is 0 Å². The van der Waals surface area contributed by atoms with Gasteiger partial charge in [-0.2, -0.15) is 0 Å². The number of esters is 1. The van der Waals surface area contributed by atoms with E-state index in [-0.39, 0.29) is 34.8 Å². The predicted molar refractivity (Wildman–Crippen MR) is 105 cm³/mol. The van der Waals surface area contributed by atoms with Crippen molar-refractivity contribution in [2.75, 3.05) is 18.2 Å². The Labute approximate surface area is 164 Å². The third-order valence-electron chi connectivity index (χ3n) is 4.35. The minimum Gasteiger partial charge on any atom is -0.463 e. The Balaban J connectivity index is 2.34. The van der Waals surface area contributed by atoms with Gasteiger partial charge < -0.3 is 15.0 Å². The number of fused-ring (bicyclic) bond motifs is 1. The van der Waals surface area contributed by atoms with Crippen LogP contribution >= 0.6 is 11.8 Å². The van der Waals surface area contributed by atoms with Crippen molar-refractivity contribution >= 4 is 29.2 Å². The zero-order valence-corrected chi connectivity index (χ0v) is 16.3. The van der Waals surface area contributed by atoms with E-state index in [9.17, 15) is 19.7 Å². The summed E-state index contributed by atoms with van der Waals surface area (Å²) < 4.78 is 5.16. The highest BCUT2D eigenvalue weighted by molar-refractivity contribution is 7.98. The van der Waals surface area contributed by atoms with E-state index >= 15 is 0 Å². The highest BCUT2D eigenvalue weighted by Crippen LogP contribution is 2.42. The molecule has 1 aromatic carbocycles. The Kier molecular flexibility index (Phi) is 5.50. The maximum Gasteiger partial charge on any atom is 0.336 e. The number of thioether (sulfide) groups is 1. The Morgan fingerprint density at radius 3 is 2.75 bits per heavy atom. The molecule has 0 amide bonds. The predicted octanol–water partition coefficient (Wildman–Crippen LogP) is 2.79. The molecule has 0 bridgehead atoms. The van der Waals surface area contributed by atoms with Crippen LogP contribution in [0.1, 0.15) is 30.9 Å². The third-order valence-corrected chi connectivity index (χ3v) is 4.93. The topological polar surface area (TPSA) is 127 Å². The van der Waals surface area contributed by atoms with Crippen molar-refractivity contribution in [3.05, 3.63) is 67.1 Å². The van der Waals surface area contributed by atoms with E-state index in [4.69, 9.17) is 4.74 Å². The van der Waals surface area contributed by atoms with Crippen molar-refractivity contribution < 1.29 is 14.5 Å². The normalized spacial score (nSPS) is 15.6. The molecule has 0 saturated heterocycles. The van der Waals surface area contributed by atoms with E-state index < -0.39 is 22.4 Å². The number of nitro groups is 1. The van der Waals surface area contributed by atoms with Gasteiger partial charge in [-0.25, -0.2) is 9.78 Å². The highest BCUT2D eigenvalue weighted by atomic mass is 32.2. The molecule has 1 aliphatic heterocycles. The molecular weight excluding hydrogens is 384 g/mol. The first-order chi connectivity index (χ1) is 13.4. The largest absolute Gasteiger partial charge is 0.463 e. The van der Waals surface area contributed by atoms with Gasteiger partial charge in [0.05, 0.1) is 28.6 Å². The number of hydrogen-bond donors (Lipinski definition) is 2. The van der Waals surface area contributed by atoms with Crippen molar-refractivity contribution in [2.24, 2.45) is 0 Å². The number of para-hydroxylation sites is 1. The number of aromatic amines is 1. The maximum atomic E-state index is 12.8. The van der Waals surface area contributed by atoms with Crippen LogP contribution < -0.4 is 10.9 Å². The number of hydrogen-bond acceptors (Lipinski definition) is 8. The molecule has 0 spiro atoms. The number of benzene rings is 1. The van der Waals surface area contributed by atoms with Gasteiger partial charge in [0, 0.05) is 17.3 Å². The van der Waals surface area contributed by atoms with Gasteiger partial charge in [0.25, 0.3) is 11.2 Å². The monoisotopic (exact) mass is 402 g/mol. The first-order valence-corrected chi connectivity index (χ1v) is 9.67. The van der Waals surface area contributed by atoms with Crippen LogP contribution in [0.15, 0.2) is 45.5 Å². The third kappa shape index (κ3) is 3.38. The highest BCUT2D eigenvalue weighted by Gasteiger charge is 2.39. The lowest BCUT2D eigenvalue weighted by Gasteiger charge is -2.28. The molecule has 0 fully saturated rings. The minimum atomic E-state index is -0.982. The fraction of sp³-hybridized carbons (Fsp3) is 0.278. The number of nitrogens with one attached hydrogen (secondary N) is 2. The molecule has 1 aromatic heterocycles. The lowest BCUT2D eigenvalue weighted by atomic mass is 9.81. The average molecular weight is 402 g/mol. The molecule has 28 heavy (non-hydrogen) atoms. The molecular formula is C18H18N4O5S. The van der Waals surface area contributed by atoms with Gasteiger partial charge in [-0.1, -0.05) is 30.0 Å². The Morgan fingerprint density at radius 1 is 1.39 bits per heavy atom. The van der Waals surface area contributed by atoms with Crippen LogP contribution in [0.2, 0.25) is 0 Å². The summed E-state index contributed by atoms with van der Waals surface area (Å²) in [7, 11) is 0. The smallest absolute Gasteiger partial charge is 0.336 e. The molecule has 0 saturated carbocycles. The summed E-state index contributed by atoms with van der Waals surface area (Å²) in [4.78, 5) is 43.6. The van der Waals surface area contributed by atoms with E-state index in [0.717, 1.165) is 0 Å². The molecule has 1 unspecified atom stereocenters. The lowest BCUT2D eigenvalue weighted by Crippen LogP contribution is -2.31. The Bertz CT molecular complexity index is 1050. The second-order valence-electron chi connectivity index (χ2n) is 5.97. The molecule has 146 valence electrons. The zero-order chi connectivity index (χ0) is 20.4. The van der Waals surface area contributed by atoms with Gasteiger partial charge in [-0.15, -0.1) is 0 Å². The number of rotatable bonds is 5. The van der Waals surface area contributed by atoms with E-state index in [1.807, 2.05) is 0 Å². The first kappa shape index (κ1) is 19.6. The van der Waals surface area contributed by atoms with Crippen LogP contribution in [0.25, 0.3) is 0 Å². The number of nitro benzene ring substituents is 1. The van der Waals surface area contributed by atoms with Gasteiger partial charge in [0.2, 0.25) is 0 Å². The quantitative estimate of drug-likeness (QED) is 0.257. The van der Waals surface area contributed by atoms with Gasteiger partial charge in [-0.3, -0.25) is 14.9 Å². The lowest BCUT2D eigenvalue weighted by molar-refractivity contribution is -0.385. The summed E-state index contributed by atoms with van der Waals surface area (Å²) >= 11 is 1.25. The average Bonchev–Trinajstić information content (AvgIpc) is 2.66. The van der Waals surface area contributed by atoms with Gasteiger partial charge in [0.15, 0.2) is 5.16 Å². The number of anilines is 1. The summed E-state index contributed by atoms with van der Waals surface area (Å²) in [5, 5.41) is 15.0. The van der Waals surface area contributed by atoms with E-state index in [1.165, 1.54) is 30.0 Å². The fourth-order valence-electron chi connectivity index (χ4n) is 3.22. The summed E-state index contributed by atoms with van der Waals surface area (Å²) in [6, 6.07) is 6.03. The summed E-state index contributed by atoms with van der Waals surface area (Å²) in [5.41, 5.74) is 0.275. The van der Waals surface area contributed by atoms with Crippen LogP contribution in [0.4, 0.5) is 11.5 Å². The second kappa shape index (κ2) is 7.85. The molecule has 0 radical (unpaired) electrons. The summed E-state index contributed by atoms with van der Waals surface area (Å²) in [6.45, 7) is 3.45. The van der Waals surface area contributed by atoms with Crippen LogP contribution in [0, 0.1) is 10.1 Å². The number of allylic oxidation sites excluding steroid dienone is 1. The maximum absolute atomic E-state index is 12.8. The molecule has 1 atom stereocenters. The molecule has 3 rings (SSSR count). The number of H-pyrrole nitrogens is 1. The minimum absolute atomic E-state index is 0.131. The Hall–Kier alpha value is -3.14. The zero-order valence-electron chi connectivity index (χ0n) is 15.4. The molecule has 0 aliphatic carbocycles. The van der Waals surface area contributed by atoms with Gasteiger partial charge >= 0.3 is 5.97 Å². The van der Waals surface area contributed by atoms with Crippen molar-refractivity contribution in [1.29, 1.82) is 0 Å². The van der Waals surface area contributed by atoms with Crippen LogP contribution in [-0.2, 0) is 9.53 Å². The molecule has 2 N–H and O–H groups in total. The number of carbonyl (C=O) groups is 1. The molecule has 10 heteroatoms. The van der Waals surface area contributed by atoms with Crippen molar-refractivity contribution in [1.82, 2.24) is 9.97 Å². The number of carbonyl (C=O) groups excluding carboxylic acids is 1. The van der Waals surface area contributed by atoms with Crippen LogP contribution in [-0.4, -0.2) is 33.7 Å². The summed E-state index contributed by atoms with van der Waals surface area (Å²) in [6.07, 6.45) is 1.76. The van der Waals surface area contributed by atoms with E-state index in [1.54, 1.807) is 26.2 Å². The van der Waals surface area contributed by atoms with E-state index in [0.29, 0.717) is 10.9 Å². The molecule has 1 aliphatic rings. The standard InChI is InChI=1S/C18H18N4O5S/c1-4-27-17(24)12-9(2)19-15-14(16(23)21-18(20-15)28-3)13(12)10-7-5-6-8-11(10)22(25)26/h5-8,13H,4H2,1-3H3,(H2,19,20,21,23). The number of nitrogens with zero attached hydrogens (tertiary/aromatic N) is 2. The number of ether oxygens (including phenoxy) is 1. The second-order valence-corrected chi connectivity index (χ2v) is 6.77. The van der Waals surface area contributed by atoms with Crippen molar-refractivity contribution in [3.8, 4) is 0 Å².